The van der Waals surface area contributed by atoms with Crippen LogP contribution >= 0.6 is 15.9 Å². The average Bonchev–Trinajstić information content (AvgIpc) is 2.38. The Hall–Kier alpha value is -0.870. The van der Waals surface area contributed by atoms with E-state index in [-0.39, 0.29) is 5.78 Å². The molecule has 0 atom stereocenters. The van der Waals surface area contributed by atoms with Crippen molar-refractivity contribution in [3.8, 4) is 0 Å². The van der Waals surface area contributed by atoms with Crippen LogP contribution in [0, 0.1) is 0 Å². The largest absolute Gasteiger partial charge is 0.371 e. The minimum atomic E-state index is 0.127. The molecule has 0 aromatic heterocycles. The van der Waals surface area contributed by atoms with Gasteiger partial charge in [-0.25, -0.2) is 0 Å². The molecular weight excluding hydrogens is 304 g/mol. The summed E-state index contributed by atoms with van der Waals surface area (Å²) in [5, 5.41) is 0. The molecule has 1 saturated heterocycles. The highest BCUT2D eigenvalue weighted by Crippen LogP contribution is 2.28. The second-order valence-electron chi connectivity index (χ2n) is 5.36. The number of hydrogen-bond donors (Lipinski definition) is 0. The molecule has 1 aliphatic heterocycles. The number of benzene rings is 1. The van der Waals surface area contributed by atoms with E-state index in [1.807, 2.05) is 12.1 Å². The molecule has 0 spiro atoms. The predicted molar refractivity (Wildman–Crippen MR) is 83.1 cm³/mol. The van der Waals surface area contributed by atoms with Crippen molar-refractivity contribution in [2.45, 2.75) is 25.8 Å². The van der Waals surface area contributed by atoms with Gasteiger partial charge < -0.3 is 9.80 Å². The van der Waals surface area contributed by atoms with Crippen molar-refractivity contribution in [2.24, 2.45) is 0 Å². The number of nitrogens with zero attached hydrogens (tertiary/aromatic N) is 2. The van der Waals surface area contributed by atoms with Gasteiger partial charge in [0.2, 0.25) is 0 Å². The molecule has 104 valence electrons. The van der Waals surface area contributed by atoms with Crippen molar-refractivity contribution in [1.29, 1.82) is 0 Å². The summed E-state index contributed by atoms with van der Waals surface area (Å²) < 4.78 is 1.02. The zero-order valence-corrected chi connectivity index (χ0v) is 13.4. The van der Waals surface area contributed by atoms with Crippen LogP contribution in [0.2, 0.25) is 0 Å². The molecule has 0 unspecified atom stereocenters. The Morgan fingerprint density at radius 1 is 1.37 bits per heavy atom. The van der Waals surface area contributed by atoms with Gasteiger partial charge in [-0.3, -0.25) is 4.79 Å². The summed E-state index contributed by atoms with van der Waals surface area (Å²) in [6.45, 7) is 3.88. The van der Waals surface area contributed by atoms with Crippen molar-refractivity contribution in [2.75, 3.05) is 32.1 Å². The number of likely N-dealkylation sites (tertiary alicyclic amines) is 1. The van der Waals surface area contributed by atoms with Crippen molar-refractivity contribution in [3.05, 3.63) is 28.2 Å². The van der Waals surface area contributed by atoms with Crippen molar-refractivity contribution in [3.63, 3.8) is 0 Å². The molecule has 19 heavy (non-hydrogen) atoms. The minimum absolute atomic E-state index is 0.127. The van der Waals surface area contributed by atoms with E-state index in [9.17, 15) is 4.79 Å². The second kappa shape index (κ2) is 6.06. The van der Waals surface area contributed by atoms with Gasteiger partial charge in [-0.15, -0.1) is 0 Å². The number of hydrogen-bond acceptors (Lipinski definition) is 3. The highest BCUT2D eigenvalue weighted by atomic mass is 79.9. The lowest BCUT2D eigenvalue weighted by molar-refractivity contribution is 0.101. The molecule has 3 nitrogen and oxygen atoms in total. The SMILES string of the molecule is CC(=O)c1ccc(Br)cc1N(C)C1CCN(C)CC1. The van der Waals surface area contributed by atoms with E-state index in [0.29, 0.717) is 6.04 Å². The Balaban J connectivity index is 2.25. The third-order valence-electron chi connectivity index (χ3n) is 3.95. The molecule has 1 aromatic rings. The number of anilines is 1. The number of ketones is 1. The van der Waals surface area contributed by atoms with E-state index < -0.39 is 0 Å². The molecule has 4 heteroatoms. The number of carbonyl (C=O) groups is 1. The van der Waals surface area contributed by atoms with Crippen LogP contribution in [-0.2, 0) is 0 Å². The van der Waals surface area contributed by atoms with Gasteiger partial charge in [0.05, 0.1) is 0 Å². The maximum absolute atomic E-state index is 11.8. The van der Waals surface area contributed by atoms with Gasteiger partial charge in [0.1, 0.15) is 0 Å². The van der Waals surface area contributed by atoms with E-state index in [0.717, 1.165) is 41.7 Å². The predicted octanol–water partition coefficient (Wildman–Crippen LogP) is 3.18. The van der Waals surface area contributed by atoms with Gasteiger partial charge in [0, 0.05) is 28.8 Å². The van der Waals surface area contributed by atoms with Crippen LogP contribution < -0.4 is 4.90 Å². The quantitative estimate of drug-likeness (QED) is 0.798. The molecule has 1 aliphatic rings. The summed E-state index contributed by atoms with van der Waals surface area (Å²) in [7, 11) is 4.26. The standard InChI is InChI=1S/C15H21BrN2O/c1-11(19)14-5-4-12(16)10-15(14)18(3)13-6-8-17(2)9-7-13/h4-5,10,13H,6-9H2,1-3H3. The first kappa shape index (κ1) is 14.5. The van der Waals surface area contributed by atoms with Gasteiger partial charge in [-0.1, -0.05) is 15.9 Å². The van der Waals surface area contributed by atoms with Crippen LogP contribution in [0.4, 0.5) is 5.69 Å². The maximum atomic E-state index is 11.8. The third kappa shape index (κ3) is 3.37. The monoisotopic (exact) mass is 324 g/mol. The molecule has 0 radical (unpaired) electrons. The smallest absolute Gasteiger partial charge is 0.161 e. The van der Waals surface area contributed by atoms with Crippen LogP contribution in [-0.4, -0.2) is 43.9 Å². The first-order valence-corrected chi connectivity index (χ1v) is 7.50. The molecule has 0 bridgehead atoms. The Bertz CT molecular complexity index is 467. The zero-order chi connectivity index (χ0) is 14.0. The van der Waals surface area contributed by atoms with Gasteiger partial charge >= 0.3 is 0 Å². The van der Waals surface area contributed by atoms with E-state index >= 15 is 0 Å². The van der Waals surface area contributed by atoms with Gasteiger partial charge in [0.25, 0.3) is 0 Å². The second-order valence-corrected chi connectivity index (χ2v) is 6.28. The molecule has 0 saturated carbocycles. The van der Waals surface area contributed by atoms with Crippen molar-refractivity contribution in [1.82, 2.24) is 4.90 Å². The first-order chi connectivity index (χ1) is 8.99. The summed E-state index contributed by atoms with van der Waals surface area (Å²) in [4.78, 5) is 16.4. The number of rotatable bonds is 3. The van der Waals surface area contributed by atoms with Gasteiger partial charge in [0.15, 0.2) is 5.78 Å². The maximum Gasteiger partial charge on any atom is 0.161 e. The average molecular weight is 325 g/mol. The van der Waals surface area contributed by atoms with E-state index in [2.05, 4.69) is 45.9 Å². The summed E-state index contributed by atoms with van der Waals surface area (Å²) >= 11 is 3.50. The Morgan fingerprint density at radius 2 is 2.00 bits per heavy atom. The fourth-order valence-electron chi connectivity index (χ4n) is 2.67. The first-order valence-electron chi connectivity index (χ1n) is 6.71. The molecule has 0 N–H and O–H groups in total. The third-order valence-corrected chi connectivity index (χ3v) is 4.45. The molecule has 2 rings (SSSR count). The molecular formula is C15H21BrN2O. The summed E-state index contributed by atoms with van der Waals surface area (Å²) in [6.07, 6.45) is 2.30. The van der Waals surface area contributed by atoms with E-state index in [1.54, 1.807) is 6.92 Å². The number of halogens is 1. The van der Waals surface area contributed by atoms with Crippen LogP contribution in [0.15, 0.2) is 22.7 Å². The summed E-state index contributed by atoms with van der Waals surface area (Å²) in [5.74, 6) is 0.127. The Morgan fingerprint density at radius 3 is 2.58 bits per heavy atom. The fraction of sp³-hybridized carbons (Fsp3) is 0.533. The zero-order valence-electron chi connectivity index (χ0n) is 11.8. The highest BCUT2D eigenvalue weighted by molar-refractivity contribution is 9.10. The van der Waals surface area contributed by atoms with E-state index in [1.165, 1.54) is 0 Å². The summed E-state index contributed by atoms with van der Waals surface area (Å²) in [6, 6.07) is 6.41. The number of Topliss-reactive ketones (excluding diaryl/α,β-unsaturated/α-hetero) is 1. The normalized spacial score (nSPS) is 17.5. The minimum Gasteiger partial charge on any atom is -0.371 e. The lowest BCUT2D eigenvalue weighted by Crippen LogP contribution is -2.42. The molecule has 0 amide bonds. The van der Waals surface area contributed by atoms with Crippen LogP contribution in [0.25, 0.3) is 0 Å². The number of piperidine rings is 1. The molecule has 1 aromatic carbocycles. The molecule has 0 aliphatic carbocycles. The van der Waals surface area contributed by atoms with Crippen LogP contribution in [0.5, 0.6) is 0 Å². The Kier molecular flexibility index (Phi) is 4.63. The fourth-order valence-corrected chi connectivity index (χ4v) is 3.02. The van der Waals surface area contributed by atoms with Gasteiger partial charge in [-0.2, -0.15) is 0 Å². The van der Waals surface area contributed by atoms with E-state index in [4.69, 9.17) is 0 Å². The molecule has 1 heterocycles. The topological polar surface area (TPSA) is 23.6 Å². The lowest BCUT2D eigenvalue weighted by Gasteiger charge is -2.37. The molecule has 1 fully saturated rings. The number of carbonyl (C=O) groups excluding carboxylic acids is 1. The highest BCUT2D eigenvalue weighted by Gasteiger charge is 2.23. The van der Waals surface area contributed by atoms with Crippen molar-refractivity contribution >= 4 is 27.4 Å². The van der Waals surface area contributed by atoms with Crippen molar-refractivity contribution < 1.29 is 4.79 Å². The van der Waals surface area contributed by atoms with Crippen LogP contribution in [0.3, 0.4) is 0 Å². The lowest BCUT2D eigenvalue weighted by atomic mass is 10.0. The van der Waals surface area contributed by atoms with Gasteiger partial charge in [-0.05, 0) is 58.1 Å². The van der Waals surface area contributed by atoms with Crippen LogP contribution in [0.1, 0.15) is 30.1 Å². The summed E-state index contributed by atoms with van der Waals surface area (Å²) in [5.41, 5.74) is 1.85. The Labute approximate surface area is 123 Å².